The molecule has 2 N–H and O–H groups in total. The number of thioether (sulfide) groups is 1. The molecule has 0 aromatic heterocycles. The van der Waals surface area contributed by atoms with Crippen LogP contribution in [-0.2, 0) is 0 Å². The van der Waals surface area contributed by atoms with E-state index in [0.717, 1.165) is 23.7 Å². The number of benzene rings is 1. The largest absolute Gasteiger partial charge is 0.486 e. The highest BCUT2D eigenvalue weighted by molar-refractivity contribution is 7.99. The summed E-state index contributed by atoms with van der Waals surface area (Å²) in [5, 5.41) is 0. The predicted molar refractivity (Wildman–Crippen MR) is 75.6 cm³/mol. The van der Waals surface area contributed by atoms with Crippen LogP contribution < -0.4 is 15.2 Å². The van der Waals surface area contributed by atoms with Crippen LogP contribution in [0.25, 0.3) is 0 Å². The van der Waals surface area contributed by atoms with Crippen molar-refractivity contribution in [1.82, 2.24) is 0 Å². The minimum absolute atomic E-state index is 0.244. The van der Waals surface area contributed by atoms with Gasteiger partial charge < -0.3 is 15.2 Å². The summed E-state index contributed by atoms with van der Waals surface area (Å²) >= 11 is 1.78. The van der Waals surface area contributed by atoms with Gasteiger partial charge in [-0.25, -0.2) is 0 Å². The first-order valence-corrected chi connectivity index (χ1v) is 7.47. The van der Waals surface area contributed by atoms with E-state index >= 15 is 0 Å². The minimum Gasteiger partial charge on any atom is -0.486 e. The van der Waals surface area contributed by atoms with Crippen molar-refractivity contribution in [3.05, 3.63) is 18.2 Å². The Bertz CT molecular complexity index is 397. The summed E-state index contributed by atoms with van der Waals surface area (Å²) < 4.78 is 11.1. The fraction of sp³-hybridized carbons (Fsp3) is 0.571. The van der Waals surface area contributed by atoms with Gasteiger partial charge in [0.2, 0.25) is 0 Å². The van der Waals surface area contributed by atoms with E-state index in [-0.39, 0.29) is 6.04 Å². The van der Waals surface area contributed by atoms with Crippen molar-refractivity contribution < 1.29 is 9.47 Å². The maximum Gasteiger partial charge on any atom is 0.162 e. The van der Waals surface area contributed by atoms with E-state index in [1.54, 1.807) is 11.8 Å². The van der Waals surface area contributed by atoms with Crippen molar-refractivity contribution in [2.45, 2.75) is 31.2 Å². The number of ether oxygens (including phenoxy) is 2. The van der Waals surface area contributed by atoms with Crippen LogP contribution in [0.5, 0.6) is 11.5 Å². The fourth-order valence-corrected chi connectivity index (χ4v) is 2.84. The van der Waals surface area contributed by atoms with E-state index in [4.69, 9.17) is 15.2 Å². The molecule has 3 nitrogen and oxygen atoms in total. The van der Waals surface area contributed by atoms with Crippen LogP contribution in [0.3, 0.4) is 0 Å². The summed E-state index contributed by atoms with van der Waals surface area (Å²) in [5.41, 5.74) is 6.14. The standard InChI is InChI=1S/C14H21NO2S/c1-3-10(2)12(15)9-18-11-4-5-13-14(8-11)17-7-6-16-13/h4-5,8,10,12H,3,6-7,9,15H2,1-2H3. The second-order valence-electron chi connectivity index (χ2n) is 4.67. The van der Waals surface area contributed by atoms with Crippen molar-refractivity contribution in [2.24, 2.45) is 11.7 Å². The van der Waals surface area contributed by atoms with Gasteiger partial charge in [0.1, 0.15) is 13.2 Å². The molecular weight excluding hydrogens is 246 g/mol. The third-order valence-corrected chi connectivity index (χ3v) is 4.47. The second-order valence-corrected chi connectivity index (χ2v) is 5.76. The molecule has 0 amide bonds. The van der Waals surface area contributed by atoms with Crippen molar-refractivity contribution in [2.75, 3.05) is 19.0 Å². The van der Waals surface area contributed by atoms with Gasteiger partial charge in [-0.3, -0.25) is 0 Å². The van der Waals surface area contributed by atoms with E-state index in [2.05, 4.69) is 19.9 Å². The summed E-state index contributed by atoms with van der Waals surface area (Å²) in [6.45, 7) is 5.65. The van der Waals surface area contributed by atoms with Crippen molar-refractivity contribution in [3.8, 4) is 11.5 Å². The average molecular weight is 267 g/mol. The highest BCUT2D eigenvalue weighted by Crippen LogP contribution is 2.34. The smallest absolute Gasteiger partial charge is 0.162 e. The molecule has 0 saturated heterocycles. The molecule has 0 radical (unpaired) electrons. The molecule has 0 fully saturated rings. The first kappa shape index (κ1) is 13.6. The molecule has 4 heteroatoms. The minimum atomic E-state index is 0.244. The Kier molecular flexibility index (Phi) is 4.78. The zero-order chi connectivity index (χ0) is 13.0. The molecular formula is C14H21NO2S. The first-order valence-electron chi connectivity index (χ1n) is 6.48. The number of hydrogen-bond acceptors (Lipinski definition) is 4. The molecule has 0 bridgehead atoms. The van der Waals surface area contributed by atoms with Crippen molar-refractivity contribution in [3.63, 3.8) is 0 Å². The molecule has 1 aliphatic heterocycles. The van der Waals surface area contributed by atoms with E-state index < -0.39 is 0 Å². The lowest BCUT2D eigenvalue weighted by molar-refractivity contribution is 0.171. The van der Waals surface area contributed by atoms with Gasteiger partial charge in [0.15, 0.2) is 11.5 Å². The SMILES string of the molecule is CCC(C)C(N)CSc1ccc2c(c1)OCCO2. The fourth-order valence-electron chi connectivity index (χ4n) is 1.77. The molecule has 1 heterocycles. The Hall–Kier alpha value is -0.870. The number of hydrogen-bond donors (Lipinski definition) is 1. The maximum absolute atomic E-state index is 6.14. The van der Waals surface area contributed by atoms with E-state index in [1.807, 2.05) is 12.1 Å². The average Bonchev–Trinajstić information content (AvgIpc) is 2.43. The molecule has 2 atom stereocenters. The summed E-state index contributed by atoms with van der Waals surface area (Å²) in [5.74, 6) is 3.20. The Morgan fingerprint density at radius 1 is 1.28 bits per heavy atom. The molecule has 18 heavy (non-hydrogen) atoms. The highest BCUT2D eigenvalue weighted by atomic mass is 32.2. The quantitative estimate of drug-likeness (QED) is 0.833. The van der Waals surface area contributed by atoms with Gasteiger partial charge in [0, 0.05) is 16.7 Å². The van der Waals surface area contributed by atoms with Crippen LogP contribution in [0.2, 0.25) is 0 Å². The topological polar surface area (TPSA) is 44.5 Å². The predicted octanol–water partition coefficient (Wildman–Crippen LogP) is 2.92. The second kappa shape index (κ2) is 6.34. The lowest BCUT2D eigenvalue weighted by atomic mass is 10.0. The van der Waals surface area contributed by atoms with Gasteiger partial charge in [-0.15, -0.1) is 11.8 Å². The monoisotopic (exact) mass is 267 g/mol. The third kappa shape index (κ3) is 3.33. The van der Waals surface area contributed by atoms with Gasteiger partial charge >= 0.3 is 0 Å². The molecule has 0 saturated carbocycles. The lowest BCUT2D eigenvalue weighted by Crippen LogP contribution is -2.30. The zero-order valence-electron chi connectivity index (χ0n) is 11.0. The van der Waals surface area contributed by atoms with Crippen LogP contribution in [-0.4, -0.2) is 25.0 Å². The number of fused-ring (bicyclic) bond motifs is 1. The lowest BCUT2D eigenvalue weighted by Gasteiger charge is -2.20. The normalized spacial score (nSPS) is 17.3. The van der Waals surface area contributed by atoms with E-state index in [0.29, 0.717) is 19.1 Å². The van der Waals surface area contributed by atoms with Crippen molar-refractivity contribution >= 4 is 11.8 Å². The molecule has 0 spiro atoms. The molecule has 100 valence electrons. The summed E-state index contributed by atoms with van der Waals surface area (Å²) in [6.07, 6.45) is 1.13. The number of nitrogens with two attached hydrogens (primary N) is 1. The Morgan fingerprint density at radius 3 is 2.72 bits per heavy atom. The van der Waals surface area contributed by atoms with Crippen LogP contribution >= 0.6 is 11.8 Å². The maximum atomic E-state index is 6.14. The van der Waals surface area contributed by atoms with Gasteiger partial charge in [0.25, 0.3) is 0 Å². The Labute approximate surface area is 113 Å². The van der Waals surface area contributed by atoms with Gasteiger partial charge in [-0.1, -0.05) is 20.3 Å². The van der Waals surface area contributed by atoms with E-state index in [9.17, 15) is 0 Å². The van der Waals surface area contributed by atoms with Crippen LogP contribution in [0.1, 0.15) is 20.3 Å². The highest BCUT2D eigenvalue weighted by Gasteiger charge is 2.14. The molecule has 1 aromatic carbocycles. The number of rotatable bonds is 5. The Balaban J connectivity index is 1.94. The van der Waals surface area contributed by atoms with Gasteiger partial charge in [0.05, 0.1) is 0 Å². The van der Waals surface area contributed by atoms with E-state index in [1.165, 1.54) is 4.90 Å². The van der Waals surface area contributed by atoms with Crippen LogP contribution in [0, 0.1) is 5.92 Å². The first-order chi connectivity index (χ1) is 8.70. The third-order valence-electron chi connectivity index (χ3n) is 3.33. The van der Waals surface area contributed by atoms with Crippen LogP contribution in [0.15, 0.2) is 23.1 Å². The summed E-state index contributed by atoms with van der Waals surface area (Å²) in [7, 11) is 0. The van der Waals surface area contributed by atoms with Crippen molar-refractivity contribution in [1.29, 1.82) is 0 Å². The summed E-state index contributed by atoms with van der Waals surface area (Å²) in [6, 6.07) is 6.34. The molecule has 2 unspecified atom stereocenters. The molecule has 2 rings (SSSR count). The zero-order valence-corrected chi connectivity index (χ0v) is 11.8. The van der Waals surface area contributed by atoms with Crippen LogP contribution in [0.4, 0.5) is 0 Å². The summed E-state index contributed by atoms with van der Waals surface area (Å²) in [4.78, 5) is 1.19. The van der Waals surface area contributed by atoms with Gasteiger partial charge in [-0.05, 0) is 24.1 Å². The Morgan fingerprint density at radius 2 is 2.00 bits per heavy atom. The van der Waals surface area contributed by atoms with Gasteiger partial charge in [-0.2, -0.15) is 0 Å². The molecule has 1 aliphatic rings. The molecule has 0 aliphatic carbocycles. The molecule has 1 aromatic rings.